The highest BCUT2D eigenvalue weighted by Crippen LogP contribution is 2.29. The van der Waals surface area contributed by atoms with Gasteiger partial charge in [0.2, 0.25) is 0 Å². The van der Waals surface area contributed by atoms with Gasteiger partial charge in [0, 0.05) is 25.0 Å². The van der Waals surface area contributed by atoms with E-state index in [4.69, 9.17) is 0 Å². The Bertz CT molecular complexity index is 1880. The lowest BCUT2D eigenvalue weighted by Gasteiger charge is -2.11. The number of carboxylic acids is 1. The number of benzene rings is 2. The van der Waals surface area contributed by atoms with Crippen molar-refractivity contribution in [1.29, 1.82) is 0 Å². The van der Waals surface area contributed by atoms with Gasteiger partial charge in [-0.1, -0.05) is 42.5 Å². The van der Waals surface area contributed by atoms with Crippen molar-refractivity contribution in [2.75, 3.05) is 0 Å². The quantitative estimate of drug-likeness (QED) is 0.366. The Morgan fingerprint density at radius 3 is 2.42 bits per heavy atom. The molecule has 0 unspecified atom stereocenters. The summed E-state index contributed by atoms with van der Waals surface area (Å²) in [6, 6.07) is 15.6. The van der Waals surface area contributed by atoms with E-state index in [2.05, 4.69) is 10.1 Å². The molecule has 0 bridgehead atoms. The van der Waals surface area contributed by atoms with Crippen LogP contribution in [-0.2, 0) is 34.2 Å². The lowest BCUT2D eigenvalue weighted by atomic mass is 10.1. The third-order valence-electron chi connectivity index (χ3n) is 5.86. The first kappa shape index (κ1) is 23.2. The fourth-order valence-electron chi connectivity index (χ4n) is 4.22. The topological polar surface area (TPSA) is 146 Å². The number of carboxylic acid groups (broad SMARTS) is 1. The van der Waals surface area contributed by atoms with E-state index in [9.17, 15) is 27.9 Å². The minimum Gasteiger partial charge on any atom is -0.480 e. The molecule has 0 saturated heterocycles. The van der Waals surface area contributed by atoms with Crippen LogP contribution in [0, 0.1) is 0 Å². The van der Waals surface area contributed by atoms with Gasteiger partial charge in [-0.25, -0.2) is 13.2 Å². The molecule has 0 aliphatic heterocycles. The molecule has 182 valence electrons. The standard InChI is InChI=1S/C24H19N5O6S/c1-27-23(32)20-21(16-9-11-25-12-10-16)29(26-22(20)28(24(27)33)13-19(30)31)36(34,35)14-17-7-4-6-15-5-2-3-8-18(15)17/h2-12H,13-14H2,1H3,(H,30,31). The average molecular weight is 506 g/mol. The van der Waals surface area contributed by atoms with Crippen molar-refractivity contribution >= 4 is 37.8 Å². The molecule has 5 aromatic rings. The predicted octanol–water partition coefficient (Wildman–Crippen LogP) is 1.57. The number of nitrogens with zero attached hydrogens (tertiary/aromatic N) is 5. The molecule has 36 heavy (non-hydrogen) atoms. The second kappa shape index (κ2) is 8.57. The summed E-state index contributed by atoms with van der Waals surface area (Å²) >= 11 is 0. The normalized spacial score (nSPS) is 11.8. The summed E-state index contributed by atoms with van der Waals surface area (Å²) < 4.78 is 29.8. The van der Waals surface area contributed by atoms with Gasteiger partial charge >= 0.3 is 11.7 Å². The van der Waals surface area contributed by atoms with Gasteiger partial charge in [0.25, 0.3) is 15.6 Å². The van der Waals surface area contributed by atoms with Crippen molar-refractivity contribution < 1.29 is 18.3 Å². The second-order valence-electron chi connectivity index (χ2n) is 8.15. The highest BCUT2D eigenvalue weighted by atomic mass is 32.2. The van der Waals surface area contributed by atoms with E-state index >= 15 is 0 Å². The van der Waals surface area contributed by atoms with Crippen LogP contribution in [0.2, 0.25) is 0 Å². The molecule has 0 radical (unpaired) electrons. The third kappa shape index (κ3) is 3.77. The Morgan fingerprint density at radius 1 is 1.00 bits per heavy atom. The van der Waals surface area contributed by atoms with Crippen molar-refractivity contribution in [3.05, 3.63) is 93.4 Å². The van der Waals surface area contributed by atoms with Gasteiger partial charge in [-0.3, -0.25) is 23.7 Å². The first-order valence-corrected chi connectivity index (χ1v) is 12.3. The Morgan fingerprint density at radius 2 is 1.69 bits per heavy atom. The maximum Gasteiger partial charge on any atom is 0.332 e. The fraction of sp³-hybridized carbons (Fsp3) is 0.125. The summed E-state index contributed by atoms with van der Waals surface area (Å²) in [4.78, 5) is 41.4. The molecule has 0 saturated carbocycles. The van der Waals surface area contributed by atoms with Gasteiger partial charge in [-0.05, 0) is 28.5 Å². The molecule has 3 heterocycles. The van der Waals surface area contributed by atoms with Gasteiger partial charge in [0.05, 0.1) is 5.75 Å². The Kier molecular flexibility index (Phi) is 5.52. The van der Waals surface area contributed by atoms with Crippen LogP contribution in [0.4, 0.5) is 0 Å². The molecule has 5 rings (SSSR count). The Hall–Kier alpha value is -4.58. The molecule has 1 N–H and O–H groups in total. The van der Waals surface area contributed by atoms with Crippen LogP contribution in [0.25, 0.3) is 33.1 Å². The lowest BCUT2D eigenvalue weighted by molar-refractivity contribution is -0.137. The number of pyridine rings is 1. The zero-order valence-electron chi connectivity index (χ0n) is 18.9. The van der Waals surface area contributed by atoms with E-state index in [1.165, 1.54) is 31.6 Å². The van der Waals surface area contributed by atoms with E-state index in [0.29, 0.717) is 15.2 Å². The zero-order valence-corrected chi connectivity index (χ0v) is 19.7. The summed E-state index contributed by atoms with van der Waals surface area (Å²) in [6.07, 6.45) is 2.85. The van der Waals surface area contributed by atoms with Gasteiger partial charge in [-0.2, -0.15) is 4.09 Å². The summed E-state index contributed by atoms with van der Waals surface area (Å²) in [5, 5.41) is 14.9. The van der Waals surface area contributed by atoms with Gasteiger partial charge in [-0.15, -0.1) is 5.10 Å². The van der Waals surface area contributed by atoms with Crippen LogP contribution in [0.3, 0.4) is 0 Å². The number of rotatable bonds is 6. The Balaban J connectivity index is 1.84. The van der Waals surface area contributed by atoms with Gasteiger partial charge in [0.15, 0.2) is 5.65 Å². The first-order chi connectivity index (χ1) is 17.2. The summed E-state index contributed by atoms with van der Waals surface area (Å²) in [6.45, 7) is -0.806. The summed E-state index contributed by atoms with van der Waals surface area (Å²) in [7, 11) is -3.06. The van der Waals surface area contributed by atoms with Gasteiger partial charge < -0.3 is 5.11 Å². The zero-order chi connectivity index (χ0) is 25.6. The molecular weight excluding hydrogens is 486 g/mol. The van der Waals surface area contributed by atoms with Crippen LogP contribution in [0.1, 0.15) is 5.56 Å². The van der Waals surface area contributed by atoms with Crippen molar-refractivity contribution in [3.8, 4) is 11.3 Å². The monoisotopic (exact) mass is 505 g/mol. The van der Waals surface area contributed by atoms with E-state index in [0.717, 1.165) is 19.9 Å². The highest BCUT2D eigenvalue weighted by molar-refractivity contribution is 7.89. The molecular formula is C24H19N5O6S. The molecule has 0 amide bonds. The van der Waals surface area contributed by atoms with Gasteiger partial charge in [0.1, 0.15) is 17.6 Å². The molecule has 0 aliphatic rings. The van der Waals surface area contributed by atoms with E-state index in [-0.39, 0.29) is 16.7 Å². The average Bonchev–Trinajstić information content (AvgIpc) is 3.27. The van der Waals surface area contributed by atoms with Crippen LogP contribution in [0.15, 0.2) is 76.6 Å². The largest absolute Gasteiger partial charge is 0.480 e. The number of carbonyl (C=O) groups is 1. The van der Waals surface area contributed by atoms with Crippen LogP contribution < -0.4 is 11.2 Å². The Labute approximate surface area is 203 Å². The SMILES string of the molecule is Cn1c(=O)c2c(-c3ccncc3)n(S(=O)(=O)Cc3cccc4ccccc34)nc2n(CC(=O)O)c1=O. The molecule has 2 aromatic carbocycles. The molecule has 0 aliphatic carbocycles. The predicted molar refractivity (Wildman–Crippen MR) is 132 cm³/mol. The molecule has 3 aromatic heterocycles. The summed E-state index contributed by atoms with van der Waals surface area (Å²) in [5.41, 5.74) is -1.30. The van der Waals surface area contributed by atoms with E-state index in [1.54, 1.807) is 18.2 Å². The van der Waals surface area contributed by atoms with Crippen LogP contribution in [0.5, 0.6) is 0 Å². The highest BCUT2D eigenvalue weighted by Gasteiger charge is 2.29. The van der Waals surface area contributed by atoms with E-state index < -0.39 is 39.5 Å². The third-order valence-corrected chi connectivity index (χ3v) is 7.32. The van der Waals surface area contributed by atoms with Crippen molar-refractivity contribution in [1.82, 2.24) is 23.3 Å². The minimum atomic E-state index is -4.26. The maximum atomic E-state index is 13.8. The fourth-order valence-corrected chi connectivity index (χ4v) is 5.66. The number of aromatic nitrogens is 5. The second-order valence-corrected chi connectivity index (χ2v) is 9.95. The number of hydrogen-bond donors (Lipinski definition) is 1. The maximum absolute atomic E-state index is 13.8. The smallest absolute Gasteiger partial charge is 0.332 e. The molecule has 0 fully saturated rings. The molecule has 11 nitrogen and oxygen atoms in total. The number of aliphatic carboxylic acids is 1. The summed E-state index contributed by atoms with van der Waals surface area (Å²) in [5.74, 6) is -1.81. The minimum absolute atomic E-state index is 0.0765. The van der Waals surface area contributed by atoms with E-state index in [1.807, 2.05) is 24.3 Å². The number of fused-ring (bicyclic) bond motifs is 2. The molecule has 0 atom stereocenters. The number of hydrogen-bond acceptors (Lipinski definition) is 7. The molecule has 12 heteroatoms. The van der Waals surface area contributed by atoms with Crippen molar-refractivity contribution in [3.63, 3.8) is 0 Å². The lowest BCUT2D eigenvalue weighted by Crippen LogP contribution is -2.39. The van der Waals surface area contributed by atoms with Crippen LogP contribution in [-0.4, -0.2) is 42.8 Å². The molecule has 0 spiro atoms. The first-order valence-electron chi connectivity index (χ1n) is 10.7. The van der Waals surface area contributed by atoms with Crippen molar-refractivity contribution in [2.24, 2.45) is 7.05 Å². The van der Waals surface area contributed by atoms with Crippen molar-refractivity contribution in [2.45, 2.75) is 12.3 Å². The van der Waals surface area contributed by atoms with Crippen LogP contribution >= 0.6 is 0 Å².